The number of rotatable bonds is 5. The maximum absolute atomic E-state index is 13.5. The van der Waals surface area contributed by atoms with Crippen molar-refractivity contribution in [3.8, 4) is 5.75 Å². The number of allylic oxidation sites excluding steroid dienone is 1. The fraction of sp³-hybridized carbons (Fsp3) is 0.250. The number of thiazole rings is 1. The lowest BCUT2D eigenvalue weighted by atomic mass is 9.96. The highest BCUT2D eigenvalue weighted by Gasteiger charge is 2.33. The Kier molecular flexibility index (Phi) is 6.05. The molecule has 1 atom stereocenters. The van der Waals surface area contributed by atoms with Crippen LogP contribution in [-0.2, 0) is 9.53 Å². The number of methoxy groups -OCH3 is 1. The van der Waals surface area contributed by atoms with Crippen molar-refractivity contribution in [3.05, 3.63) is 90.9 Å². The predicted octanol–water partition coefficient (Wildman–Crippen LogP) is 2.59. The molecule has 2 aromatic heterocycles. The van der Waals surface area contributed by atoms with Crippen LogP contribution in [0.5, 0.6) is 5.75 Å². The minimum Gasteiger partial charge on any atom is -0.497 e. The number of pyridine rings is 1. The third kappa shape index (κ3) is 4.13. The molecule has 1 aromatic carbocycles. The smallest absolute Gasteiger partial charge is 0.338 e. The Morgan fingerprint density at radius 1 is 1.16 bits per heavy atom. The average molecular weight is 450 g/mol. The number of benzene rings is 1. The molecule has 0 radical (unpaired) electrons. The molecule has 0 saturated heterocycles. The van der Waals surface area contributed by atoms with Crippen molar-refractivity contribution in [2.75, 3.05) is 7.11 Å². The van der Waals surface area contributed by atoms with Gasteiger partial charge >= 0.3 is 5.97 Å². The topological polar surface area (TPSA) is 82.8 Å². The van der Waals surface area contributed by atoms with Crippen LogP contribution in [0.2, 0.25) is 0 Å². The molecule has 0 fully saturated rings. The van der Waals surface area contributed by atoms with E-state index in [4.69, 9.17) is 9.47 Å². The molecule has 0 amide bonds. The van der Waals surface area contributed by atoms with Crippen LogP contribution in [0, 0.1) is 0 Å². The van der Waals surface area contributed by atoms with Gasteiger partial charge in [-0.3, -0.25) is 14.3 Å². The molecule has 0 N–H and O–H groups in total. The van der Waals surface area contributed by atoms with Gasteiger partial charge in [-0.25, -0.2) is 9.79 Å². The van der Waals surface area contributed by atoms with Crippen LogP contribution in [0.4, 0.5) is 0 Å². The molecule has 0 spiro atoms. The summed E-state index contributed by atoms with van der Waals surface area (Å²) in [5.41, 5.74) is 2.31. The zero-order valence-corrected chi connectivity index (χ0v) is 19.1. The molecule has 0 unspecified atom stereocenters. The minimum absolute atomic E-state index is 0.214. The van der Waals surface area contributed by atoms with Gasteiger partial charge in [0.1, 0.15) is 5.75 Å². The lowest BCUT2D eigenvalue weighted by Gasteiger charge is -2.25. The van der Waals surface area contributed by atoms with Gasteiger partial charge in [0.05, 0.1) is 35.1 Å². The van der Waals surface area contributed by atoms with Crippen molar-refractivity contribution in [1.29, 1.82) is 0 Å². The van der Waals surface area contributed by atoms with E-state index in [1.54, 1.807) is 44.8 Å². The molecule has 0 aliphatic carbocycles. The Morgan fingerprint density at radius 2 is 1.84 bits per heavy atom. The van der Waals surface area contributed by atoms with Crippen LogP contribution in [-0.4, -0.2) is 28.7 Å². The fourth-order valence-corrected chi connectivity index (χ4v) is 4.62. The van der Waals surface area contributed by atoms with Gasteiger partial charge in [0.25, 0.3) is 5.56 Å². The third-order valence-corrected chi connectivity index (χ3v) is 6.00. The van der Waals surface area contributed by atoms with E-state index >= 15 is 0 Å². The van der Waals surface area contributed by atoms with E-state index in [0.717, 1.165) is 11.1 Å². The quantitative estimate of drug-likeness (QED) is 0.559. The van der Waals surface area contributed by atoms with E-state index < -0.39 is 12.0 Å². The normalized spacial score (nSPS) is 16.0. The van der Waals surface area contributed by atoms with Crippen LogP contribution < -0.4 is 19.6 Å². The summed E-state index contributed by atoms with van der Waals surface area (Å²) >= 11 is 1.29. The summed E-state index contributed by atoms with van der Waals surface area (Å²) in [6, 6.07) is 10.3. The van der Waals surface area contributed by atoms with Crippen LogP contribution in [0.25, 0.3) is 6.08 Å². The summed E-state index contributed by atoms with van der Waals surface area (Å²) in [6.45, 7) is 5.35. The first-order chi connectivity index (χ1) is 15.4. The predicted molar refractivity (Wildman–Crippen MR) is 122 cm³/mol. The first kappa shape index (κ1) is 21.7. The van der Waals surface area contributed by atoms with Crippen LogP contribution in [0.3, 0.4) is 0 Å². The maximum atomic E-state index is 13.5. The van der Waals surface area contributed by atoms with E-state index in [2.05, 4.69) is 9.98 Å². The third-order valence-electron chi connectivity index (χ3n) is 5.02. The molecule has 8 heteroatoms. The summed E-state index contributed by atoms with van der Waals surface area (Å²) in [5, 5.41) is 0. The van der Waals surface area contributed by atoms with E-state index in [9.17, 15) is 9.59 Å². The maximum Gasteiger partial charge on any atom is 0.338 e. The average Bonchev–Trinajstić information content (AvgIpc) is 3.07. The van der Waals surface area contributed by atoms with Crippen molar-refractivity contribution in [2.45, 2.75) is 32.9 Å². The first-order valence-electron chi connectivity index (χ1n) is 10.2. The SMILES string of the molecule is COc1ccc([C@@H]2C(C(=O)OC(C)C)=C(C)N=c3sc(=Cc4ccncc4)c(=O)n32)cc1. The monoisotopic (exact) mass is 449 g/mol. The Balaban J connectivity index is 1.94. The van der Waals surface area contributed by atoms with Gasteiger partial charge in [-0.05, 0) is 62.2 Å². The minimum atomic E-state index is -0.650. The van der Waals surface area contributed by atoms with Crippen LogP contribution in [0.1, 0.15) is 37.9 Å². The summed E-state index contributed by atoms with van der Waals surface area (Å²) < 4.78 is 12.9. The van der Waals surface area contributed by atoms with Crippen LogP contribution in [0.15, 0.2) is 69.8 Å². The van der Waals surface area contributed by atoms with Gasteiger partial charge in [0.15, 0.2) is 4.80 Å². The van der Waals surface area contributed by atoms with E-state index in [1.165, 1.54) is 11.3 Å². The molecule has 164 valence electrons. The fourth-order valence-electron chi connectivity index (χ4n) is 3.57. The van der Waals surface area contributed by atoms with Crippen molar-refractivity contribution in [1.82, 2.24) is 9.55 Å². The molecule has 0 saturated carbocycles. The van der Waals surface area contributed by atoms with Gasteiger partial charge in [-0.1, -0.05) is 23.5 Å². The number of aromatic nitrogens is 2. The van der Waals surface area contributed by atoms with E-state index in [1.807, 2.05) is 42.5 Å². The Hall–Kier alpha value is -3.52. The second-order valence-corrected chi connectivity index (χ2v) is 8.60. The Bertz CT molecular complexity index is 1350. The molecule has 1 aliphatic rings. The zero-order chi connectivity index (χ0) is 22.8. The number of hydrogen-bond donors (Lipinski definition) is 0. The number of nitrogens with zero attached hydrogens (tertiary/aromatic N) is 3. The van der Waals surface area contributed by atoms with Gasteiger partial charge in [-0.15, -0.1) is 0 Å². The molecule has 4 rings (SSSR count). The molecule has 3 heterocycles. The molecule has 3 aromatic rings. The Labute approximate surface area is 189 Å². The molecule has 7 nitrogen and oxygen atoms in total. The van der Waals surface area contributed by atoms with Gasteiger partial charge in [0.2, 0.25) is 0 Å². The molecule has 0 bridgehead atoms. The second kappa shape index (κ2) is 8.92. The number of carbonyl (C=O) groups is 1. The van der Waals surface area contributed by atoms with Crippen molar-refractivity contribution in [3.63, 3.8) is 0 Å². The van der Waals surface area contributed by atoms with Crippen LogP contribution >= 0.6 is 11.3 Å². The second-order valence-electron chi connectivity index (χ2n) is 7.59. The lowest BCUT2D eigenvalue weighted by Crippen LogP contribution is -2.40. The van der Waals surface area contributed by atoms with E-state index in [0.29, 0.717) is 26.4 Å². The van der Waals surface area contributed by atoms with Crippen molar-refractivity contribution < 1.29 is 14.3 Å². The molecule has 1 aliphatic heterocycles. The number of esters is 1. The molecular formula is C24H23N3O4S. The van der Waals surface area contributed by atoms with Crippen molar-refractivity contribution >= 4 is 23.4 Å². The molecular weight excluding hydrogens is 426 g/mol. The number of ether oxygens (including phenoxy) is 2. The standard InChI is InChI=1S/C24H23N3O4S/c1-14(2)31-23(29)20-15(3)26-24-27(21(20)17-5-7-18(30-4)8-6-17)22(28)19(32-24)13-16-9-11-25-12-10-16/h5-14,21H,1-4H3/t21-/m1/s1. The summed E-state index contributed by atoms with van der Waals surface area (Å²) in [5.74, 6) is 0.205. The van der Waals surface area contributed by atoms with Gasteiger partial charge < -0.3 is 9.47 Å². The first-order valence-corrected chi connectivity index (χ1v) is 11.0. The van der Waals surface area contributed by atoms with E-state index in [-0.39, 0.29) is 11.7 Å². The van der Waals surface area contributed by atoms with Gasteiger partial charge in [-0.2, -0.15) is 0 Å². The lowest BCUT2D eigenvalue weighted by molar-refractivity contribution is -0.143. The zero-order valence-electron chi connectivity index (χ0n) is 18.2. The highest BCUT2D eigenvalue weighted by molar-refractivity contribution is 7.07. The largest absolute Gasteiger partial charge is 0.497 e. The summed E-state index contributed by atoms with van der Waals surface area (Å²) in [7, 11) is 1.59. The number of carbonyl (C=O) groups excluding carboxylic acids is 1. The van der Waals surface area contributed by atoms with Crippen molar-refractivity contribution in [2.24, 2.45) is 4.99 Å². The molecule has 32 heavy (non-hydrogen) atoms. The number of hydrogen-bond acceptors (Lipinski definition) is 7. The Morgan fingerprint density at radius 3 is 2.47 bits per heavy atom. The van der Waals surface area contributed by atoms with Gasteiger partial charge in [0, 0.05) is 12.4 Å². The highest BCUT2D eigenvalue weighted by Crippen LogP contribution is 2.31. The number of fused-ring (bicyclic) bond motifs is 1. The highest BCUT2D eigenvalue weighted by atomic mass is 32.1. The summed E-state index contributed by atoms with van der Waals surface area (Å²) in [4.78, 5) is 35.7. The summed E-state index contributed by atoms with van der Waals surface area (Å²) in [6.07, 6.45) is 4.86.